The standard InChI is InChI=1S/C19H21F3N2O2/c1-13(23-12-14-7-3-6-10-17(14)26-2)11-18(25)24-16-9-5-4-8-15(16)19(20,21)22/h3-10,13,23H,11-12H2,1-2H3,(H,24,25). The number of hydrogen-bond donors (Lipinski definition) is 2. The molecule has 2 aromatic rings. The zero-order valence-electron chi connectivity index (χ0n) is 14.6. The molecule has 1 atom stereocenters. The molecule has 0 fully saturated rings. The predicted octanol–water partition coefficient (Wildman–Crippen LogP) is 4.22. The molecule has 0 radical (unpaired) electrons. The predicted molar refractivity (Wildman–Crippen MR) is 94.0 cm³/mol. The summed E-state index contributed by atoms with van der Waals surface area (Å²) in [7, 11) is 1.58. The van der Waals surface area contributed by atoms with Crippen LogP contribution in [0.5, 0.6) is 5.75 Å². The lowest BCUT2D eigenvalue weighted by atomic mass is 10.1. The summed E-state index contributed by atoms with van der Waals surface area (Å²) in [5.74, 6) is 0.248. The first-order valence-electron chi connectivity index (χ1n) is 8.12. The van der Waals surface area contributed by atoms with Gasteiger partial charge in [0.05, 0.1) is 18.4 Å². The van der Waals surface area contributed by atoms with Crippen LogP contribution in [0.4, 0.5) is 18.9 Å². The molecule has 0 aromatic heterocycles. The molecule has 1 amide bonds. The summed E-state index contributed by atoms with van der Waals surface area (Å²) in [4.78, 5) is 12.1. The van der Waals surface area contributed by atoms with Gasteiger partial charge in [0.2, 0.25) is 5.91 Å². The van der Waals surface area contributed by atoms with Crippen molar-refractivity contribution in [3.8, 4) is 5.75 Å². The lowest BCUT2D eigenvalue weighted by Crippen LogP contribution is -2.30. The number of rotatable bonds is 7. The van der Waals surface area contributed by atoms with Crippen molar-refractivity contribution in [3.63, 3.8) is 0 Å². The van der Waals surface area contributed by atoms with Crippen LogP contribution in [-0.2, 0) is 17.5 Å². The molecule has 0 bridgehead atoms. The van der Waals surface area contributed by atoms with Gasteiger partial charge in [-0.2, -0.15) is 13.2 Å². The highest BCUT2D eigenvalue weighted by atomic mass is 19.4. The highest BCUT2D eigenvalue weighted by Gasteiger charge is 2.33. The highest BCUT2D eigenvalue weighted by molar-refractivity contribution is 5.92. The lowest BCUT2D eigenvalue weighted by molar-refractivity contribution is -0.137. The van der Waals surface area contributed by atoms with E-state index in [1.165, 1.54) is 18.2 Å². The number of benzene rings is 2. The Morgan fingerprint density at radius 3 is 2.46 bits per heavy atom. The number of alkyl halides is 3. The molecule has 0 aliphatic rings. The third-order valence-electron chi connectivity index (χ3n) is 3.83. The molecule has 2 rings (SSSR count). The number of ether oxygens (including phenoxy) is 1. The molecular formula is C19H21F3N2O2. The third-order valence-corrected chi connectivity index (χ3v) is 3.83. The largest absolute Gasteiger partial charge is 0.496 e. The van der Waals surface area contributed by atoms with Crippen LogP contribution in [0.25, 0.3) is 0 Å². The summed E-state index contributed by atoms with van der Waals surface area (Å²) >= 11 is 0. The van der Waals surface area contributed by atoms with Crippen LogP contribution in [0.15, 0.2) is 48.5 Å². The minimum atomic E-state index is -4.52. The summed E-state index contributed by atoms with van der Waals surface area (Å²) < 4.78 is 44.2. The van der Waals surface area contributed by atoms with Crippen molar-refractivity contribution in [3.05, 3.63) is 59.7 Å². The van der Waals surface area contributed by atoms with Crippen LogP contribution in [0.1, 0.15) is 24.5 Å². The number of hydrogen-bond acceptors (Lipinski definition) is 3. The average molecular weight is 366 g/mol. The smallest absolute Gasteiger partial charge is 0.418 e. The van der Waals surface area contributed by atoms with E-state index in [-0.39, 0.29) is 18.2 Å². The fourth-order valence-corrected chi connectivity index (χ4v) is 2.52. The van der Waals surface area contributed by atoms with E-state index < -0.39 is 17.6 Å². The van der Waals surface area contributed by atoms with Crippen LogP contribution < -0.4 is 15.4 Å². The number of anilines is 1. The number of methoxy groups -OCH3 is 1. The van der Waals surface area contributed by atoms with E-state index in [0.717, 1.165) is 17.4 Å². The highest BCUT2D eigenvalue weighted by Crippen LogP contribution is 2.34. The molecule has 0 aliphatic heterocycles. The number of carbonyl (C=O) groups excluding carboxylic acids is 1. The number of halogens is 3. The Balaban J connectivity index is 1.92. The maximum absolute atomic E-state index is 13.0. The molecule has 0 heterocycles. The molecule has 2 N–H and O–H groups in total. The molecule has 140 valence electrons. The van der Waals surface area contributed by atoms with Crippen molar-refractivity contribution in [2.75, 3.05) is 12.4 Å². The van der Waals surface area contributed by atoms with Gasteiger partial charge in [0.25, 0.3) is 0 Å². The van der Waals surface area contributed by atoms with Gasteiger partial charge in [-0.25, -0.2) is 0 Å². The maximum atomic E-state index is 13.0. The molecule has 26 heavy (non-hydrogen) atoms. The first kappa shape index (κ1) is 19.8. The number of amides is 1. The van der Waals surface area contributed by atoms with Crippen molar-refractivity contribution >= 4 is 11.6 Å². The molecule has 0 aliphatic carbocycles. The Morgan fingerprint density at radius 2 is 1.77 bits per heavy atom. The van der Waals surface area contributed by atoms with E-state index in [4.69, 9.17) is 4.74 Å². The molecule has 1 unspecified atom stereocenters. The van der Waals surface area contributed by atoms with Crippen LogP contribution in [0, 0.1) is 0 Å². The number of para-hydroxylation sites is 2. The Bertz CT molecular complexity index is 748. The second-order valence-corrected chi connectivity index (χ2v) is 5.89. The van der Waals surface area contributed by atoms with Gasteiger partial charge in [-0.05, 0) is 25.1 Å². The maximum Gasteiger partial charge on any atom is 0.418 e. The van der Waals surface area contributed by atoms with Crippen LogP contribution in [0.3, 0.4) is 0 Å². The molecule has 7 heteroatoms. The van der Waals surface area contributed by atoms with Crippen LogP contribution in [-0.4, -0.2) is 19.1 Å². The molecule has 0 saturated heterocycles. The lowest BCUT2D eigenvalue weighted by Gasteiger charge is -2.17. The van der Waals surface area contributed by atoms with E-state index in [0.29, 0.717) is 6.54 Å². The van der Waals surface area contributed by atoms with E-state index in [9.17, 15) is 18.0 Å². The van der Waals surface area contributed by atoms with Gasteiger partial charge in [0, 0.05) is 24.6 Å². The number of carbonyl (C=O) groups is 1. The Labute approximate surface area is 150 Å². The van der Waals surface area contributed by atoms with Gasteiger partial charge in [-0.15, -0.1) is 0 Å². The van der Waals surface area contributed by atoms with Crippen molar-refractivity contribution in [1.29, 1.82) is 0 Å². The van der Waals surface area contributed by atoms with E-state index in [2.05, 4.69) is 10.6 Å². The molecule has 0 saturated carbocycles. The van der Waals surface area contributed by atoms with Crippen molar-refractivity contribution in [1.82, 2.24) is 5.32 Å². The fraction of sp³-hybridized carbons (Fsp3) is 0.316. The first-order valence-corrected chi connectivity index (χ1v) is 8.12. The molecule has 4 nitrogen and oxygen atoms in total. The third kappa shape index (κ3) is 5.49. The van der Waals surface area contributed by atoms with Gasteiger partial charge in [0.15, 0.2) is 0 Å². The summed E-state index contributed by atoms with van der Waals surface area (Å²) in [5, 5.41) is 5.52. The number of nitrogens with one attached hydrogen (secondary N) is 2. The van der Waals surface area contributed by atoms with Crippen molar-refractivity contribution < 1.29 is 22.7 Å². The van der Waals surface area contributed by atoms with Gasteiger partial charge >= 0.3 is 6.18 Å². The van der Waals surface area contributed by atoms with E-state index >= 15 is 0 Å². The van der Waals surface area contributed by atoms with Gasteiger partial charge < -0.3 is 15.4 Å². The van der Waals surface area contributed by atoms with Crippen LogP contribution in [0.2, 0.25) is 0 Å². The van der Waals surface area contributed by atoms with Crippen LogP contribution >= 0.6 is 0 Å². The quantitative estimate of drug-likeness (QED) is 0.771. The topological polar surface area (TPSA) is 50.4 Å². The molecular weight excluding hydrogens is 345 g/mol. The van der Waals surface area contributed by atoms with Crippen molar-refractivity contribution in [2.24, 2.45) is 0 Å². The van der Waals surface area contributed by atoms with E-state index in [1.807, 2.05) is 24.3 Å². The van der Waals surface area contributed by atoms with Gasteiger partial charge in [-0.3, -0.25) is 4.79 Å². The van der Waals surface area contributed by atoms with Gasteiger partial charge in [-0.1, -0.05) is 30.3 Å². The monoisotopic (exact) mass is 366 g/mol. The molecule has 2 aromatic carbocycles. The second kappa shape index (κ2) is 8.71. The minimum Gasteiger partial charge on any atom is -0.496 e. The Hall–Kier alpha value is -2.54. The summed E-state index contributed by atoms with van der Waals surface area (Å²) in [6.45, 7) is 2.28. The first-order chi connectivity index (χ1) is 12.3. The normalized spacial score (nSPS) is 12.5. The second-order valence-electron chi connectivity index (χ2n) is 5.89. The SMILES string of the molecule is COc1ccccc1CNC(C)CC(=O)Nc1ccccc1C(F)(F)F. The summed E-state index contributed by atoms with van der Waals surface area (Å²) in [6.07, 6.45) is -4.47. The van der Waals surface area contributed by atoms with Crippen molar-refractivity contribution in [2.45, 2.75) is 32.1 Å². The molecule has 0 spiro atoms. The fourth-order valence-electron chi connectivity index (χ4n) is 2.52. The average Bonchev–Trinajstić information content (AvgIpc) is 2.59. The zero-order valence-corrected chi connectivity index (χ0v) is 14.6. The van der Waals surface area contributed by atoms with Gasteiger partial charge in [0.1, 0.15) is 5.75 Å². The van der Waals surface area contributed by atoms with E-state index in [1.54, 1.807) is 14.0 Å². The summed E-state index contributed by atoms with van der Waals surface area (Å²) in [6, 6.07) is 12.2. The Kier molecular flexibility index (Phi) is 6.63. The Morgan fingerprint density at radius 1 is 1.12 bits per heavy atom. The summed E-state index contributed by atoms with van der Waals surface area (Å²) in [5.41, 5.74) is -0.158. The zero-order chi connectivity index (χ0) is 19.2. The minimum absolute atomic E-state index is 0.0430.